The number of carbonyl (C=O) groups is 1. The summed E-state index contributed by atoms with van der Waals surface area (Å²) in [6, 6.07) is 1.98. The molecule has 0 fully saturated rings. The summed E-state index contributed by atoms with van der Waals surface area (Å²) in [4.78, 5) is 15.3. The van der Waals surface area contributed by atoms with Gasteiger partial charge in [0.25, 0.3) is 0 Å². The molecule has 0 atom stereocenters. The zero-order valence-corrected chi connectivity index (χ0v) is 8.92. The van der Waals surface area contributed by atoms with E-state index >= 15 is 0 Å². The molecule has 1 aliphatic rings. The van der Waals surface area contributed by atoms with Crippen molar-refractivity contribution in [1.82, 2.24) is 4.98 Å². The Hall–Kier alpha value is -1.86. The number of amides is 1. The van der Waals surface area contributed by atoms with Gasteiger partial charge in [-0.2, -0.15) is 0 Å². The van der Waals surface area contributed by atoms with Gasteiger partial charge in [0.2, 0.25) is 5.91 Å². The van der Waals surface area contributed by atoms with Crippen LogP contribution in [0.1, 0.15) is 24.0 Å². The van der Waals surface area contributed by atoms with E-state index in [-0.39, 0.29) is 5.91 Å². The van der Waals surface area contributed by atoms with Crippen molar-refractivity contribution in [2.75, 3.05) is 11.9 Å². The first-order valence-electron chi connectivity index (χ1n) is 5.27. The van der Waals surface area contributed by atoms with Gasteiger partial charge in [-0.05, 0) is 18.1 Å². The summed E-state index contributed by atoms with van der Waals surface area (Å²) < 4.78 is 0. The summed E-state index contributed by atoms with van der Waals surface area (Å²) >= 11 is 0. The third-order valence-electron chi connectivity index (χ3n) is 2.35. The van der Waals surface area contributed by atoms with Crippen molar-refractivity contribution in [2.45, 2.75) is 19.3 Å². The zero-order chi connectivity index (χ0) is 11.4. The van der Waals surface area contributed by atoms with E-state index in [9.17, 15) is 4.79 Å². The van der Waals surface area contributed by atoms with Crippen molar-refractivity contribution in [3.63, 3.8) is 0 Å². The SMILES string of the molecule is NCCC#Cc1cnc2c(c1)CCC(=O)N2. The summed E-state index contributed by atoms with van der Waals surface area (Å²) in [7, 11) is 0. The highest BCUT2D eigenvalue weighted by molar-refractivity contribution is 5.92. The van der Waals surface area contributed by atoms with Crippen LogP contribution in [0.2, 0.25) is 0 Å². The van der Waals surface area contributed by atoms with Crippen LogP contribution < -0.4 is 11.1 Å². The second-order valence-electron chi connectivity index (χ2n) is 3.62. The molecule has 0 radical (unpaired) electrons. The van der Waals surface area contributed by atoms with Gasteiger partial charge in [-0.25, -0.2) is 4.98 Å². The topological polar surface area (TPSA) is 68.0 Å². The molecule has 0 saturated heterocycles. The Bertz CT molecular complexity index is 471. The molecule has 2 rings (SSSR count). The fraction of sp³-hybridized carbons (Fsp3) is 0.333. The number of aromatic nitrogens is 1. The molecule has 16 heavy (non-hydrogen) atoms. The lowest BCUT2D eigenvalue weighted by Crippen LogP contribution is -2.20. The minimum Gasteiger partial charge on any atom is -0.330 e. The molecule has 0 spiro atoms. The summed E-state index contributed by atoms with van der Waals surface area (Å²) in [5.41, 5.74) is 7.29. The number of hydrogen-bond donors (Lipinski definition) is 2. The van der Waals surface area contributed by atoms with Crippen LogP contribution in [0.15, 0.2) is 12.3 Å². The molecule has 0 aliphatic carbocycles. The molecule has 0 aromatic carbocycles. The highest BCUT2D eigenvalue weighted by Crippen LogP contribution is 2.20. The smallest absolute Gasteiger partial charge is 0.225 e. The van der Waals surface area contributed by atoms with Crippen LogP contribution in [0.5, 0.6) is 0 Å². The van der Waals surface area contributed by atoms with Crippen molar-refractivity contribution >= 4 is 11.7 Å². The highest BCUT2D eigenvalue weighted by atomic mass is 16.1. The molecular formula is C12H13N3O. The molecule has 0 saturated carbocycles. The fourth-order valence-corrected chi connectivity index (χ4v) is 1.56. The van der Waals surface area contributed by atoms with Gasteiger partial charge in [-0.1, -0.05) is 11.8 Å². The molecule has 0 unspecified atom stereocenters. The number of rotatable bonds is 1. The number of carbonyl (C=O) groups excluding carboxylic acids is 1. The molecule has 4 nitrogen and oxygen atoms in total. The van der Waals surface area contributed by atoms with E-state index in [1.807, 2.05) is 6.07 Å². The van der Waals surface area contributed by atoms with Crippen molar-refractivity contribution in [2.24, 2.45) is 5.73 Å². The van der Waals surface area contributed by atoms with Gasteiger partial charge < -0.3 is 11.1 Å². The standard InChI is InChI=1S/C12H13N3O/c13-6-2-1-3-9-7-10-4-5-11(16)15-12(10)14-8-9/h7-8H,2,4-6,13H2,(H,14,15,16). The van der Waals surface area contributed by atoms with E-state index in [1.54, 1.807) is 6.20 Å². The maximum atomic E-state index is 11.1. The van der Waals surface area contributed by atoms with E-state index in [2.05, 4.69) is 22.1 Å². The third kappa shape index (κ3) is 2.38. The highest BCUT2D eigenvalue weighted by Gasteiger charge is 2.15. The average Bonchev–Trinajstić information content (AvgIpc) is 2.29. The van der Waals surface area contributed by atoms with Crippen molar-refractivity contribution in [1.29, 1.82) is 0 Å². The van der Waals surface area contributed by atoms with Gasteiger partial charge in [-0.15, -0.1) is 0 Å². The van der Waals surface area contributed by atoms with Gasteiger partial charge in [0.1, 0.15) is 5.82 Å². The number of aryl methyl sites for hydroxylation is 1. The van der Waals surface area contributed by atoms with E-state index in [4.69, 9.17) is 5.73 Å². The summed E-state index contributed by atoms with van der Waals surface area (Å²) in [5, 5.41) is 2.74. The Kier molecular flexibility index (Phi) is 3.18. The lowest BCUT2D eigenvalue weighted by molar-refractivity contribution is -0.116. The van der Waals surface area contributed by atoms with Crippen molar-refractivity contribution < 1.29 is 4.79 Å². The third-order valence-corrected chi connectivity index (χ3v) is 2.35. The Morgan fingerprint density at radius 1 is 1.50 bits per heavy atom. The Labute approximate surface area is 94.3 Å². The number of fused-ring (bicyclic) bond motifs is 1. The number of hydrogen-bond acceptors (Lipinski definition) is 3. The molecule has 2 heterocycles. The van der Waals surface area contributed by atoms with Crippen LogP contribution in [0.25, 0.3) is 0 Å². The van der Waals surface area contributed by atoms with Gasteiger partial charge >= 0.3 is 0 Å². The summed E-state index contributed by atoms with van der Waals surface area (Å²) in [5.74, 6) is 6.66. The number of nitrogens with one attached hydrogen (secondary N) is 1. The van der Waals surface area contributed by atoms with E-state index in [0.29, 0.717) is 25.2 Å². The molecule has 3 N–H and O–H groups in total. The number of nitrogens with two attached hydrogens (primary N) is 1. The molecular weight excluding hydrogens is 202 g/mol. The first-order valence-corrected chi connectivity index (χ1v) is 5.27. The normalized spacial score (nSPS) is 13.4. The van der Waals surface area contributed by atoms with E-state index < -0.39 is 0 Å². The van der Waals surface area contributed by atoms with Crippen LogP contribution >= 0.6 is 0 Å². The van der Waals surface area contributed by atoms with Crippen LogP contribution in [0, 0.1) is 11.8 Å². The van der Waals surface area contributed by atoms with Crippen molar-refractivity contribution in [3.05, 3.63) is 23.4 Å². The maximum absolute atomic E-state index is 11.1. The average molecular weight is 215 g/mol. The largest absolute Gasteiger partial charge is 0.330 e. The molecule has 1 aromatic heterocycles. The van der Waals surface area contributed by atoms with E-state index in [1.165, 1.54) is 0 Å². The summed E-state index contributed by atoms with van der Waals surface area (Å²) in [6.07, 6.45) is 3.62. The Morgan fingerprint density at radius 3 is 3.19 bits per heavy atom. The Balaban J connectivity index is 2.20. The monoisotopic (exact) mass is 215 g/mol. The van der Waals surface area contributed by atoms with Gasteiger partial charge in [0.15, 0.2) is 0 Å². The zero-order valence-electron chi connectivity index (χ0n) is 8.92. The number of nitrogens with zero attached hydrogens (tertiary/aromatic N) is 1. The van der Waals surface area contributed by atoms with Gasteiger partial charge in [0, 0.05) is 31.1 Å². The maximum Gasteiger partial charge on any atom is 0.225 e. The molecule has 4 heteroatoms. The molecule has 0 bridgehead atoms. The minimum absolute atomic E-state index is 0.0296. The quantitative estimate of drug-likeness (QED) is 0.676. The molecule has 82 valence electrons. The molecule has 1 aliphatic heterocycles. The van der Waals surface area contributed by atoms with Crippen LogP contribution in [-0.4, -0.2) is 17.4 Å². The fourth-order valence-electron chi connectivity index (χ4n) is 1.56. The van der Waals surface area contributed by atoms with E-state index in [0.717, 1.165) is 17.5 Å². The lowest BCUT2D eigenvalue weighted by atomic mass is 10.1. The predicted molar refractivity (Wildman–Crippen MR) is 61.7 cm³/mol. The second-order valence-corrected chi connectivity index (χ2v) is 3.62. The van der Waals surface area contributed by atoms with Crippen LogP contribution in [0.3, 0.4) is 0 Å². The first-order chi connectivity index (χ1) is 7.79. The number of anilines is 1. The van der Waals surface area contributed by atoms with Gasteiger partial charge in [0.05, 0.1) is 0 Å². The van der Waals surface area contributed by atoms with Crippen LogP contribution in [-0.2, 0) is 11.2 Å². The second kappa shape index (κ2) is 4.77. The Morgan fingerprint density at radius 2 is 2.38 bits per heavy atom. The molecule has 1 amide bonds. The predicted octanol–water partition coefficient (Wildman–Crippen LogP) is 0.667. The first kappa shape index (κ1) is 10.7. The van der Waals surface area contributed by atoms with Crippen molar-refractivity contribution in [3.8, 4) is 11.8 Å². The summed E-state index contributed by atoms with van der Waals surface area (Å²) in [6.45, 7) is 0.571. The van der Waals surface area contributed by atoms with Crippen LogP contribution in [0.4, 0.5) is 5.82 Å². The molecule has 1 aromatic rings. The number of pyridine rings is 1. The lowest BCUT2D eigenvalue weighted by Gasteiger charge is -2.15. The minimum atomic E-state index is 0.0296. The van der Waals surface area contributed by atoms with Gasteiger partial charge in [-0.3, -0.25) is 4.79 Å².